The smallest absolute Gasteiger partial charge is 0.238 e. The molecular formula is C21H28N4O3. The second-order valence-corrected chi connectivity index (χ2v) is 7.40. The molecule has 1 amide bonds. The number of aryl methyl sites for hydroxylation is 1. The number of ether oxygens (including phenoxy) is 1. The maximum Gasteiger partial charge on any atom is 0.238 e. The SMILES string of the molecule is Cc1ccc(C(CNC(=O)C2CC(c3ccccc3)NN2)N2CCOCC2)o1. The highest BCUT2D eigenvalue weighted by atomic mass is 16.5. The summed E-state index contributed by atoms with van der Waals surface area (Å²) in [4.78, 5) is 15.1. The Kier molecular flexibility index (Phi) is 6.07. The number of carbonyl (C=O) groups is 1. The van der Waals surface area contributed by atoms with Crippen LogP contribution in [-0.2, 0) is 9.53 Å². The number of rotatable bonds is 6. The summed E-state index contributed by atoms with van der Waals surface area (Å²) in [6, 6.07) is 14.1. The summed E-state index contributed by atoms with van der Waals surface area (Å²) < 4.78 is 11.3. The highest BCUT2D eigenvalue weighted by molar-refractivity contribution is 5.82. The van der Waals surface area contributed by atoms with E-state index in [2.05, 4.69) is 33.2 Å². The number of amides is 1. The van der Waals surface area contributed by atoms with Crippen molar-refractivity contribution < 1.29 is 13.9 Å². The van der Waals surface area contributed by atoms with E-state index in [-0.39, 0.29) is 24.0 Å². The molecule has 0 spiro atoms. The Labute approximate surface area is 165 Å². The fraction of sp³-hybridized carbons (Fsp3) is 0.476. The molecular weight excluding hydrogens is 356 g/mol. The van der Waals surface area contributed by atoms with E-state index >= 15 is 0 Å². The van der Waals surface area contributed by atoms with Gasteiger partial charge in [0.15, 0.2) is 0 Å². The minimum atomic E-state index is -0.256. The topological polar surface area (TPSA) is 78.8 Å². The van der Waals surface area contributed by atoms with Crippen molar-refractivity contribution in [3.8, 4) is 0 Å². The largest absolute Gasteiger partial charge is 0.465 e. The van der Waals surface area contributed by atoms with Gasteiger partial charge in [-0.25, -0.2) is 10.9 Å². The van der Waals surface area contributed by atoms with Crippen molar-refractivity contribution >= 4 is 5.91 Å². The van der Waals surface area contributed by atoms with Crippen LogP contribution in [0.5, 0.6) is 0 Å². The zero-order chi connectivity index (χ0) is 19.3. The Morgan fingerprint density at radius 1 is 1.18 bits per heavy atom. The molecule has 4 rings (SSSR count). The first-order valence-corrected chi connectivity index (χ1v) is 9.92. The lowest BCUT2D eigenvalue weighted by atomic mass is 10.0. The number of hydrogen-bond acceptors (Lipinski definition) is 6. The normalized spacial score (nSPS) is 24.2. The lowest BCUT2D eigenvalue weighted by Gasteiger charge is -2.33. The molecule has 3 atom stereocenters. The molecule has 7 nitrogen and oxygen atoms in total. The second-order valence-electron chi connectivity index (χ2n) is 7.40. The summed E-state index contributed by atoms with van der Waals surface area (Å²) in [7, 11) is 0. The van der Waals surface area contributed by atoms with Crippen LogP contribution in [0, 0.1) is 6.92 Å². The lowest BCUT2D eigenvalue weighted by Crippen LogP contribution is -2.47. The van der Waals surface area contributed by atoms with Gasteiger partial charge < -0.3 is 14.5 Å². The molecule has 0 bridgehead atoms. The van der Waals surface area contributed by atoms with Crippen molar-refractivity contribution in [1.29, 1.82) is 0 Å². The highest BCUT2D eigenvalue weighted by Crippen LogP contribution is 2.24. The van der Waals surface area contributed by atoms with Crippen LogP contribution in [-0.4, -0.2) is 49.7 Å². The van der Waals surface area contributed by atoms with Gasteiger partial charge in [-0.1, -0.05) is 30.3 Å². The monoisotopic (exact) mass is 384 g/mol. The molecule has 0 saturated carbocycles. The first-order valence-electron chi connectivity index (χ1n) is 9.92. The molecule has 1 aromatic carbocycles. The van der Waals surface area contributed by atoms with Crippen LogP contribution < -0.4 is 16.2 Å². The van der Waals surface area contributed by atoms with Crippen molar-refractivity contribution in [2.75, 3.05) is 32.8 Å². The maximum absolute atomic E-state index is 12.8. The number of hydrogen-bond donors (Lipinski definition) is 3. The zero-order valence-electron chi connectivity index (χ0n) is 16.2. The average molecular weight is 384 g/mol. The minimum absolute atomic E-state index is 0.00692. The third kappa shape index (κ3) is 4.44. The van der Waals surface area contributed by atoms with E-state index < -0.39 is 0 Å². The average Bonchev–Trinajstić information content (AvgIpc) is 3.39. The Hall–Kier alpha value is -2.19. The lowest BCUT2D eigenvalue weighted by molar-refractivity contribution is -0.123. The van der Waals surface area contributed by atoms with E-state index in [1.807, 2.05) is 37.3 Å². The van der Waals surface area contributed by atoms with Crippen LogP contribution >= 0.6 is 0 Å². The van der Waals surface area contributed by atoms with Gasteiger partial charge in [-0.15, -0.1) is 0 Å². The number of benzene rings is 1. The number of morpholine rings is 1. The van der Waals surface area contributed by atoms with Crippen molar-refractivity contribution in [1.82, 2.24) is 21.1 Å². The number of furan rings is 1. The Morgan fingerprint density at radius 3 is 2.68 bits per heavy atom. The fourth-order valence-electron chi connectivity index (χ4n) is 3.88. The minimum Gasteiger partial charge on any atom is -0.465 e. The summed E-state index contributed by atoms with van der Waals surface area (Å²) in [5, 5.41) is 3.12. The highest BCUT2D eigenvalue weighted by Gasteiger charge is 2.31. The molecule has 0 radical (unpaired) electrons. The first-order chi connectivity index (χ1) is 13.7. The summed E-state index contributed by atoms with van der Waals surface area (Å²) >= 11 is 0. The molecule has 28 heavy (non-hydrogen) atoms. The number of hydrazine groups is 1. The van der Waals surface area contributed by atoms with Gasteiger partial charge in [0.1, 0.15) is 17.6 Å². The van der Waals surface area contributed by atoms with Gasteiger partial charge in [0.05, 0.1) is 19.3 Å². The maximum atomic E-state index is 12.8. The number of nitrogens with zero attached hydrogens (tertiary/aromatic N) is 1. The van der Waals surface area contributed by atoms with E-state index in [1.165, 1.54) is 5.56 Å². The van der Waals surface area contributed by atoms with Crippen LogP contribution in [0.1, 0.15) is 35.6 Å². The Balaban J connectivity index is 1.36. The molecule has 7 heteroatoms. The molecule has 2 saturated heterocycles. The summed E-state index contributed by atoms with van der Waals surface area (Å²) in [6.07, 6.45) is 0.720. The van der Waals surface area contributed by atoms with Crippen molar-refractivity contribution in [2.24, 2.45) is 0 Å². The van der Waals surface area contributed by atoms with Gasteiger partial charge in [0.2, 0.25) is 5.91 Å². The summed E-state index contributed by atoms with van der Waals surface area (Å²) in [5.41, 5.74) is 7.55. The van der Waals surface area contributed by atoms with Gasteiger partial charge >= 0.3 is 0 Å². The molecule has 2 aliphatic rings. The van der Waals surface area contributed by atoms with E-state index in [1.54, 1.807) is 0 Å². The van der Waals surface area contributed by atoms with Gasteiger partial charge in [-0.2, -0.15) is 0 Å². The van der Waals surface area contributed by atoms with Crippen molar-refractivity contribution in [3.05, 3.63) is 59.5 Å². The van der Waals surface area contributed by atoms with Crippen LogP contribution in [0.4, 0.5) is 0 Å². The third-order valence-electron chi connectivity index (χ3n) is 5.47. The van der Waals surface area contributed by atoms with E-state index in [9.17, 15) is 4.79 Å². The zero-order valence-corrected chi connectivity index (χ0v) is 16.2. The molecule has 2 fully saturated rings. The van der Waals surface area contributed by atoms with Crippen LogP contribution in [0.3, 0.4) is 0 Å². The molecule has 3 N–H and O–H groups in total. The van der Waals surface area contributed by atoms with Crippen LogP contribution in [0.15, 0.2) is 46.9 Å². The van der Waals surface area contributed by atoms with Crippen molar-refractivity contribution in [3.63, 3.8) is 0 Å². The molecule has 3 heterocycles. The Bertz CT molecular complexity index is 773. The molecule has 2 aliphatic heterocycles. The second kappa shape index (κ2) is 8.87. The molecule has 3 unspecified atom stereocenters. The predicted molar refractivity (Wildman–Crippen MR) is 105 cm³/mol. The van der Waals surface area contributed by atoms with Gasteiger partial charge in [-0.3, -0.25) is 9.69 Å². The number of carbonyl (C=O) groups excluding carboxylic acids is 1. The van der Waals surface area contributed by atoms with Gasteiger partial charge in [0, 0.05) is 25.7 Å². The van der Waals surface area contributed by atoms with Crippen LogP contribution in [0.2, 0.25) is 0 Å². The number of nitrogens with one attached hydrogen (secondary N) is 3. The van der Waals surface area contributed by atoms with Gasteiger partial charge in [0.25, 0.3) is 0 Å². The Morgan fingerprint density at radius 2 is 1.96 bits per heavy atom. The van der Waals surface area contributed by atoms with E-state index in [0.717, 1.165) is 31.0 Å². The molecule has 2 aromatic rings. The van der Waals surface area contributed by atoms with E-state index in [4.69, 9.17) is 9.15 Å². The third-order valence-corrected chi connectivity index (χ3v) is 5.47. The molecule has 1 aromatic heterocycles. The fourth-order valence-corrected chi connectivity index (χ4v) is 3.88. The quantitative estimate of drug-likeness (QED) is 0.703. The van der Waals surface area contributed by atoms with Crippen molar-refractivity contribution in [2.45, 2.75) is 31.5 Å². The summed E-state index contributed by atoms with van der Waals surface area (Å²) in [6.45, 7) is 5.53. The predicted octanol–water partition coefficient (Wildman–Crippen LogP) is 1.69. The first kappa shape index (κ1) is 19.1. The standard InChI is InChI=1S/C21H28N4O3/c1-15-7-8-20(28-15)19(25-9-11-27-12-10-25)14-22-21(26)18-13-17(23-24-18)16-5-3-2-4-6-16/h2-8,17-19,23-24H,9-14H2,1H3,(H,22,26). The van der Waals surface area contributed by atoms with Gasteiger partial charge in [-0.05, 0) is 31.0 Å². The summed E-state index contributed by atoms with van der Waals surface area (Å²) in [5.74, 6) is 1.78. The molecule has 0 aliphatic carbocycles. The molecule has 150 valence electrons. The van der Waals surface area contributed by atoms with E-state index in [0.29, 0.717) is 19.8 Å². The van der Waals surface area contributed by atoms with Crippen LogP contribution in [0.25, 0.3) is 0 Å².